The molecule has 1 amide bonds. The Kier molecular flexibility index (Phi) is 5.01. The van der Waals surface area contributed by atoms with E-state index in [4.69, 9.17) is 15.2 Å². The van der Waals surface area contributed by atoms with Crippen LogP contribution in [-0.2, 0) is 14.3 Å². The van der Waals surface area contributed by atoms with Crippen LogP contribution in [0.5, 0.6) is 0 Å². The second-order valence-electron chi connectivity index (χ2n) is 3.85. The van der Waals surface area contributed by atoms with E-state index in [1.165, 1.54) is 0 Å². The molecule has 0 aromatic rings. The lowest BCUT2D eigenvalue weighted by molar-refractivity contribution is -0.132. The molecule has 0 saturated carbocycles. The fraction of sp³-hybridized carbons (Fsp3) is 0.900. The first-order chi connectivity index (χ1) is 7.17. The molecule has 0 radical (unpaired) electrons. The van der Waals surface area contributed by atoms with E-state index in [2.05, 4.69) is 5.32 Å². The summed E-state index contributed by atoms with van der Waals surface area (Å²) in [7, 11) is 1.62. The number of hydrogen-bond acceptors (Lipinski definition) is 4. The highest BCUT2D eigenvalue weighted by atomic mass is 16.5. The Morgan fingerprint density at radius 3 is 2.93 bits per heavy atom. The summed E-state index contributed by atoms with van der Waals surface area (Å²) in [6.07, 6.45) is 1.37. The summed E-state index contributed by atoms with van der Waals surface area (Å²) in [6.45, 7) is 2.90. The SMILES string of the molecule is COC(C)CNC(=O)C1CCC(CN)O1. The number of methoxy groups -OCH3 is 1. The van der Waals surface area contributed by atoms with Crippen molar-refractivity contribution >= 4 is 5.91 Å². The predicted octanol–water partition coefficient (Wildman–Crippen LogP) is -0.356. The molecule has 88 valence electrons. The summed E-state index contributed by atoms with van der Waals surface area (Å²) in [4.78, 5) is 11.6. The number of rotatable bonds is 5. The highest BCUT2D eigenvalue weighted by Gasteiger charge is 2.29. The summed E-state index contributed by atoms with van der Waals surface area (Å²) in [5, 5.41) is 2.79. The quantitative estimate of drug-likeness (QED) is 0.658. The van der Waals surface area contributed by atoms with Gasteiger partial charge in [-0.2, -0.15) is 0 Å². The van der Waals surface area contributed by atoms with E-state index < -0.39 is 0 Å². The smallest absolute Gasteiger partial charge is 0.249 e. The number of ether oxygens (including phenoxy) is 2. The maximum Gasteiger partial charge on any atom is 0.249 e. The van der Waals surface area contributed by atoms with Crippen LogP contribution in [0.15, 0.2) is 0 Å². The van der Waals surface area contributed by atoms with Gasteiger partial charge in [-0.25, -0.2) is 0 Å². The van der Waals surface area contributed by atoms with Crippen molar-refractivity contribution in [3.63, 3.8) is 0 Å². The monoisotopic (exact) mass is 216 g/mol. The van der Waals surface area contributed by atoms with Crippen molar-refractivity contribution in [2.75, 3.05) is 20.2 Å². The molecule has 0 bridgehead atoms. The molecule has 3 N–H and O–H groups in total. The van der Waals surface area contributed by atoms with Crippen LogP contribution in [0.25, 0.3) is 0 Å². The van der Waals surface area contributed by atoms with Gasteiger partial charge in [0.1, 0.15) is 6.10 Å². The van der Waals surface area contributed by atoms with Crippen molar-refractivity contribution < 1.29 is 14.3 Å². The van der Waals surface area contributed by atoms with Crippen molar-refractivity contribution in [2.24, 2.45) is 5.73 Å². The molecular formula is C10H20N2O3. The second kappa shape index (κ2) is 6.05. The van der Waals surface area contributed by atoms with E-state index in [1.807, 2.05) is 6.92 Å². The van der Waals surface area contributed by atoms with Crippen molar-refractivity contribution in [3.8, 4) is 0 Å². The van der Waals surface area contributed by atoms with Crippen LogP contribution in [0.4, 0.5) is 0 Å². The lowest BCUT2D eigenvalue weighted by Gasteiger charge is -2.14. The summed E-state index contributed by atoms with van der Waals surface area (Å²) in [6, 6.07) is 0. The first-order valence-corrected chi connectivity index (χ1v) is 5.33. The number of nitrogens with one attached hydrogen (secondary N) is 1. The fourth-order valence-electron chi connectivity index (χ4n) is 1.51. The van der Waals surface area contributed by atoms with Gasteiger partial charge < -0.3 is 20.5 Å². The van der Waals surface area contributed by atoms with Gasteiger partial charge in [0, 0.05) is 20.2 Å². The van der Waals surface area contributed by atoms with Gasteiger partial charge in [-0.3, -0.25) is 4.79 Å². The third-order valence-electron chi connectivity index (χ3n) is 2.63. The second-order valence-corrected chi connectivity index (χ2v) is 3.85. The molecule has 0 aliphatic carbocycles. The normalized spacial score (nSPS) is 27.7. The number of amides is 1. The average molecular weight is 216 g/mol. The van der Waals surface area contributed by atoms with E-state index in [1.54, 1.807) is 7.11 Å². The minimum atomic E-state index is -0.331. The number of nitrogens with two attached hydrogens (primary N) is 1. The number of carbonyl (C=O) groups excluding carboxylic acids is 1. The van der Waals surface area contributed by atoms with Crippen LogP contribution in [0.1, 0.15) is 19.8 Å². The van der Waals surface area contributed by atoms with Crippen molar-refractivity contribution in [1.29, 1.82) is 0 Å². The molecule has 1 heterocycles. The molecule has 1 aliphatic heterocycles. The maximum atomic E-state index is 11.6. The zero-order valence-electron chi connectivity index (χ0n) is 9.36. The molecule has 3 unspecified atom stereocenters. The molecule has 1 aliphatic rings. The molecule has 5 nitrogen and oxygen atoms in total. The predicted molar refractivity (Wildman–Crippen MR) is 56.4 cm³/mol. The van der Waals surface area contributed by atoms with Crippen LogP contribution in [0.3, 0.4) is 0 Å². The van der Waals surface area contributed by atoms with Crippen LogP contribution < -0.4 is 11.1 Å². The Hall–Kier alpha value is -0.650. The standard InChI is InChI=1S/C10H20N2O3/c1-7(14-2)6-12-10(13)9-4-3-8(5-11)15-9/h7-9H,3-6,11H2,1-2H3,(H,12,13). The largest absolute Gasteiger partial charge is 0.380 e. The van der Waals surface area contributed by atoms with E-state index in [0.29, 0.717) is 13.1 Å². The minimum absolute atomic E-state index is 0.0284. The van der Waals surface area contributed by atoms with Crippen LogP contribution in [-0.4, -0.2) is 44.4 Å². The highest BCUT2D eigenvalue weighted by molar-refractivity contribution is 5.81. The summed E-state index contributed by atoms with van der Waals surface area (Å²) in [5.74, 6) is -0.0603. The Labute approximate surface area is 90.3 Å². The van der Waals surface area contributed by atoms with Gasteiger partial charge in [0.15, 0.2) is 0 Å². The molecular weight excluding hydrogens is 196 g/mol. The fourth-order valence-corrected chi connectivity index (χ4v) is 1.51. The highest BCUT2D eigenvalue weighted by Crippen LogP contribution is 2.18. The number of carbonyl (C=O) groups is 1. The molecule has 1 fully saturated rings. The van der Waals surface area contributed by atoms with Crippen molar-refractivity contribution in [2.45, 2.75) is 38.1 Å². The summed E-state index contributed by atoms with van der Waals surface area (Å²) < 4.78 is 10.5. The lowest BCUT2D eigenvalue weighted by atomic mass is 10.2. The van der Waals surface area contributed by atoms with E-state index in [0.717, 1.165) is 12.8 Å². The first kappa shape index (κ1) is 12.4. The van der Waals surface area contributed by atoms with Gasteiger partial charge in [0.2, 0.25) is 5.91 Å². The van der Waals surface area contributed by atoms with E-state index in [-0.39, 0.29) is 24.2 Å². The van der Waals surface area contributed by atoms with Crippen LogP contribution in [0.2, 0.25) is 0 Å². The Morgan fingerprint density at radius 1 is 1.67 bits per heavy atom. The first-order valence-electron chi connectivity index (χ1n) is 5.33. The van der Waals surface area contributed by atoms with Crippen molar-refractivity contribution in [3.05, 3.63) is 0 Å². The molecule has 1 rings (SSSR count). The third-order valence-corrected chi connectivity index (χ3v) is 2.63. The lowest BCUT2D eigenvalue weighted by Crippen LogP contribution is -2.39. The van der Waals surface area contributed by atoms with Gasteiger partial charge in [0.25, 0.3) is 0 Å². The van der Waals surface area contributed by atoms with Gasteiger partial charge >= 0.3 is 0 Å². The van der Waals surface area contributed by atoms with Gasteiger partial charge in [-0.15, -0.1) is 0 Å². The van der Waals surface area contributed by atoms with Crippen LogP contribution in [0, 0.1) is 0 Å². The number of hydrogen-bond donors (Lipinski definition) is 2. The minimum Gasteiger partial charge on any atom is -0.380 e. The molecule has 0 aromatic heterocycles. The Morgan fingerprint density at radius 2 is 2.40 bits per heavy atom. The zero-order valence-corrected chi connectivity index (χ0v) is 9.36. The molecule has 0 aromatic carbocycles. The summed E-state index contributed by atoms with van der Waals surface area (Å²) in [5.41, 5.74) is 5.46. The zero-order chi connectivity index (χ0) is 11.3. The molecule has 0 spiro atoms. The van der Waals surface area contributed by atoms with Crippen molar-refractivity contribution in [1.82, 2.24) is 5.32 Å². The maximum absolute atomic E-state index is 11.6. The molecule has 5 heteroatoms. The van der Waals surface area contributed by atoms with Crippen LogP contribution >= 0.6 is 0 Å². The molecule has 3 atom stereocenters. The average Bonchev–Trinajstić information content (AvgIpc) is 2.73. The van der Waals surface area contributed by atoms with Gasteiger partial charge in [0.05, 0.1) is 12.2 Å². The molecule has 1 saturated heterocycles. The van der Waals surface area contributed by atoms with E-state index in [9.17, 15) is 4.79 Å². The Bertz CT molecular complexity index is 211. The molecule has 15 heavy (non-hydrogen) atoms. The van der Waals surface area contributed by atoms with E-state index >= 15 is 0 Å². The Balaban J connectivity index is 2.23. The summed E-state index contributed by atoms with van der Waals surface area (Å²) >= 11 is 0. The third kappa shape index (κ3) is 3.77. The topological polar surface area (TPSA) is 73.6 Å². The van der Waals surface area contributed by atoms with Gasteiger partial charge in [-0.05, 0) is 19.8 Å². The van der Waals surface area contributed by atoms with Gasteiger partial charge in [-0.1, -0.05) is 0 Å².